The van der Waals surface area contributed by atoms with Crippen LogP contribution >= 0.6 is 0 Å². The van der Waals surface area contributed by atoms with E-state index in [1.54, 1.807) is 0 Å². The largest absolute Gasteiger partial charge is 0.393 e. The van der Waals surface area contributed by atoms with Crippen LogP contribution in [0.4, 0.5) is 18.9 Å². The number of aryl methyl sites for hydroxylation is 1. The fourth-order valence-corrected chi connectivity index (χ4v) is 4.07. The molecule has 2 aliphatic heterocycles. The molecule has 0 saturated carbocycles. The van der Waals surface area contributed by atoms with Gasteiger partial charge in [-0.15, -0.1) is 0 Å². The maximum absolute atomic E-state index is 13.1. The number of aromatic nitrogens is 2. The molecule has 5 nitrogen and oxygen atoms in total. The first kappa shape index (κ1) is 19.0. The molecule has 2 aliphatic rings. The van der Waals surface area contributed by atoms with E-state index in [1.165, 1.54) is 16.3 Å². The van der Waals surface area contributed by atoms with E-state index >= 15 is 0 Å². The van der Waals surface area contributed by atoms with E-state index in [4.69, 9.17) is 0 Å². The zero-order valence-electron chi connectivity index (χ0n) is 15.4. The van der Waals surface area contributed by atoms with Crippen molar-refractivity contribution in [1.29, 1.82) is 0 Å². The number of fused-ring (bicyclic) bond motifs is 1. The first-order valence-corrected chi connectivity index (χ1v) is 9.65. The fraction of sp³-hybridized carbons (Fsp3) is 0.500. The van der Waals surface area contributed by atoms with Crippen LogP contribution in [-0.4, -0.2) is 34.7 Å². The molecule has 0 aliphatic carbocycles. The Morgan fingerprint density at radius 1 is 1.14 bits per heavy atom. The Hall–Kier alpha value is -2.35. The number of hydrogen-bond acceptors (Lipinski definition) is 3. The molecular formula is C20H23F3N4O. The number of hydrogen-bond donors (Lipinski definition) is 2. The van der Waals surface area contributed by atoms with Crippen LogP contribution in [-0.2, 0) is 13.0 Å². The number of halogens is 3. The molecule has 1 fully saturated rings. The van der Waals surface area contributed by atoms with Gasteiger partial charge in [0.25, 0.3) is 5.91 Å². The zero-order valence-corrected chi connectivity index (χ0v) is 15.4. The molecule has 3 heterocycles. The first-order valence-electron chi connectivity index (χ1n) is 9.65. The molecule has 2 N–H and O–H groups in total. The van der Waals surface area contributed by atoms with Gasteiger partial charge in [0.1, 0.15) is 11.5 Å². The van der Waals surface area contributed by atoms with Crippen molar-refractivity contribution < 1.29 is 18.0 Å². The quantitative estimate of drug-likeness (QED) is 0.837. The van der Waals surface area contributed by atoms with E-state index < -0.39 is 18.0 Å². The SMILES string of the molecule is O=C(Nc1ccc(C2CCNCC2)cc1)c1cnc2n1CC(C(F)(F)F)CC2. The summed E-state index contributed by atoms with van der Waals surface area (Å²) in [6.07, 6.45) is -0.475. The van der Waals surface area contributed by atoms with E-state index in [9.17, 15) is 18.0 Å². The summed E-state index contributed by atoms with van der Waals surface area (Å²) in [6.45, 7) is 1.76. The van der Waals surface area contributed by atoms with E-state index in [2.05, 4.69) is 15.6 Å². The van der Waals surface area contributed by atoms with E-state index in [-0.39, 0.29) is 25.1 Å². The minimum absolute atomic E-state index is 0.0136. The van der Waals surface area contributed by atoms with Crippen molar-refractivity contribution in [2.45, 2.75) is 44.3 Å². The predicted octanol–water partition coefficient (Wildman–Crippen LogP) is 3.73. The molecule has 1 atom stereocenters. The molecule has 150 valence electrons. The average Bonchev–Trinajstić information content (AvgIpc) is 3.12. The van der Waals surface area contributed by atoms with Crippen molar-refractivity contribution in [3.05, 3.63) is 47.5 Å². The first-order chi connectivity index (χ1) is 13.4. The zero-order chi connectivity index (χ0) is 19.7. The van der Waals surface area contributed by atoms with Crippen LogP contribution in [0.3, 0.4) is 0 Å². The molecule has 28 heavy (non-hydrogen) atoms. The highest BCUT2D eigenvalue weighted by molar-refractivity contribution is 6.03. The van der Waals surface area contributed by atoms with E-state index in [0.717, 1.165) is 25.9 Å². The number of carbonyl (C=O) groups is 1. The molecular weight excluding hydrogens is 369 g/mol. The molecule has 1 unspecified atom stereocenters. The lowest BCUT2D eigenvalue weighted by Crippen LogP contribution is -2.33. The highest BCUT2D eigenvalue weighted by atomic mass is 19.4. The van der Waals surface area contributed by atoms with Crippen molar-refractivity contribution in [2.75, 3.05) is 18.4 Å². The molecule has 1 aromatic heterocycles. The molecule has 1 aromatic carbocycles. The van der Waals surface area contributed by atoms with Crippen molar-refractivity contribution in [3.63, 3.8) is 0 Å². The van der Waals surface area contributed by atoms with Crippen LogP contribution in [0.2, 0.25) is 0 Å². The summed E-state index contributed by atoms with van der Waals surface area (Å²) >= 11 is 0. The molecule has 1 amide bonds. The number of nitrogens with one attached hydrogen (secondary N) is 2. The molecule has 0 spiro atoms. The summed E-state index contributed by atoms with van der Waals surface area (Å²) < 4.78 is 40.6. The smallest absolute Gasteiger partial charge is 0.323 e. The number of carbonyl (C=O) groups excluding carboxylic acids is 1. The highest BCUT2D eigenvalue weighted by Gasteiger charge is 2.42. The number of alkyl halides is 3. The van der Waals surface area contributed by atoms with Gasteiger partial charge in [-0.05, 0) is 56.0 Å². The number of piperidine rings is 1. The van der Waals surface area contributed by atoms with Gasteiger partial charge in [0, 0.05) is 18.7 Å². The monoisotopic (exact) mass is 392 g/mol. The van der Waals surface area contributed by atoms with Crippen LogP contribution in [0.25, 0.3) is 0 Å². The molecule has 1 saturated heterocycles. The summed E-state index contributed by atoms with van der Waals surface area (Å²) in [4.78, 5) is 16.8. The Kier molecular flexibility index (Phi) is 5.14. The van der Waals surface area contributed by atoms with Gasteiger partial charge in [0.05, 0.1) is 12.1 Å². The topological polar surface area (TPSA) is 59.0 Å². The summed E-state index contributed by atoms with van der Waals surface area (Å²) in [7, 11) is 0. The van der Waals surface area contributed by atoms with Gasteiger partial charge < -0.3 is 15.2 Å². The molecule has 0 bridgehead atoms. The van der Waals surface area contributed by atoms with Crippen molar-refractivity contribution in [1.82, 2.24) is 14.9 Å². The molecule has 8 heteroatoms. The van der Waals surface area contributed by atoms with Crippen LogP contribution < -0.4 is 10.6 Å². The number of benzene rings is 1. The van der Waals surface area contributed by atoms with Crippen LogP contribution in [0.15, 0.2) is 30.5 Å². The van der Waals surface area contributed by atoms with Gasteiger partial charge in [-0.25, -0.2) is 4.98 Å². The number of rotatable bonds is 3. The van der Waals surface area contributed by atoms with Crippen LogP contribution in [0.5, 0.6) is 0 Å². The Morgan fingerprint density at radius 2 is 1.86 bits per heavy atom. The summed E-state index contributed by atoms with van der Waals surface area (Å²) in [5.74, 6) is -0.819. The van der Waals surface area contributed by atoms with Gasteiger partial charge in [0.15, 0.2) is 0 Å². The third-order valence-corrected chi connectivity index (χ3v) is 5.73. The second kappa shape index (κ2) is 7.58. The normalized spacial score (nSPS) is 20.6. The van der Waals surface area contributed by atoms with E-state index in [1.807, 2.05) is 24.3 Å². The lowest BCUT2D eigenvalue weighted by molar-refractivity contribution is -0.182. The van der Waals surface area contributed by atoms with Gasteiger partial charge >= 0.3 is 6.18 Å². The third-order valence-electron chi connectivity index (χ3n) is 5.73. The van der Waals surface area contributed by atoms with Crippen molar-refractivity contribution in [3.8, 4) is 0 Å². The van der Waals surface area contributed by atoms with E-state index in [0.29, 0.717) is 17.4 Å². The van der Waals surface area contributed by atoms with Crippen molar-refractivity contribution in [2.24, 2.45) is 5.92 Å². The van der Waals surface area contributed by atoms with Crippen molar-refractivity contribution >= 4 is 11.6 Å². The number of nitrogens with zero attached hydrogens (tertiary/aromatic N) is 2. The number of anilines is 1. The average molecular weight is 392 g/mol. The number of imidazole rings is 1. The van der Waals surface area contributed by atoms with Crippen LogP contribution in [0, 0.1) is 5.92 Å². The third kappa shape index (κ3) is 3.92. The van der Waals surface area contributed by atoms with Gasteiger partial charge in [-0.3, -0.25) is 4.79 Å². The molecule has 2 aromatic rings. The minimum Gasteiger partial charge on any atom is -0.323 e. The maximum Gasteiger partial charge on any atom is 0.393 e. The van der Waals surface area contributed by atoms with Gasteiger partial charge in [-0.1, -0.05) is 12.1 Å². The predicted molar refractivity (Wildman–Crippen MR) is 99.3 cm³/mol. The highest BCUT2D eigenvalue weighted by Crippen LogP contribution is 2.35. The summed E-state index contributed by atoms with van der Waals surface area (Å²) in [6, 6.07) is 7.72. The lowest BCUT2D eigenvalue weighted by atomic mass is 9.90. The molecule has 0 radical (unpaired) electrons. The lowest BCUT2D eigenvalue weighted by Gasteiger charge is -2.26. The fourth-order valence-electron chi connectivity index (χ4n) is 4.07. The Balaban J connectivity index is 1.45. The Labute approximate surface area is 161 Å². The Morgan fingerprint density at radius 3 is 2.54 bits per heavy atom. The second-order valence-corrected chi connectivity index (χ2v) is 7.55. The standard InChI is InChI=1S/C20H23F3N4O/c21-20(22,23)15-3-6-18-25-11-17(27(18)12-15)19(28)26-16-4-1-13(2-5-16)14-7-9-24-10-8-14/h1-2,4-5,11,14-15,24H,3,6-10,12H2,(H,26,28). The Bertz CT molecular complexity index is 838. The maximum atomic E-state index is 13.1. The van der Waals surface area contributed by atoms with Gasteiger partial charge in [0.2, 0.25) is 0 Å². The minimum atomic E-state index is -4.26. The number of amides is 1. The van der Waals surface area contributed by atoms with Gasteiger partial charge in [-0.2, -0.15) is 13.2 Å². The molecule has 4 rings (SSSR count). The summed E-state index contributed by atoms with van der Waals surface area (Å²) in [5.41, 5.74) is 2.04. The second-order valence-electron chi connectivity index (χ2n) is 7.55. The van der Waals surface area contributed by atoms with Crippen LogP contribution in [0.1, 0.15) is 47.1 Å². The summed E-state index contributed by atoms with van der Waals surface area (Å²) in [5, 5.41) is 6.12.